The number of nitrogens with one attached hydrogen (secondary N) is 1. The first-order chi connectivity index (χ1) is 13.8. The fourth-order valence-electron chi connectivity index (χ4n) is 2.50. The molecule has 0 atom stereocenters. The highest BCUT2D eigenvalue weighted by Gasteiger charge is 2.30. The van der Waals surface area contributed by atoms with E-state index in [2.05, 4.69) is 15.3 Å². The number of hydrogen-bond acceptors (Lipinski definition) is 5. The van der Waals surface area contributed by atoms with E-state index in [1.807, 2.05) is 0 Å². The zero-order valence-electron chi connectivity index (χ0n) is 15.5. The van der Waals surface area contributed by atoms with Gasteiger partial charge in [0.15, 0.2) is 0 Å². The number of anilines is 1. The van der Waals surface area contributed by atoms with Crippen LogP contribution >= 0.6 is 12.4 Å². The van der Waals surface area contributed by atoms with Gasteiger partial charge in [0.25, 0.3) is 5.91 Å². The summed E-state index contributed by atoms with van der Waals surface area (Å²) in [5.41, 5.74) is 6.35. The fraction of sp³-hybridized carbons (Fsp3) is 0.150. The maximum absolute atomic E-state index is 12.8. The third-order valence-electron chi connectivity index (χ3n) is 3.93. The Morgan fingerprint density at radius 2 is 1.83 bits per heavy atom. The van der Waals surface area contributed by atoms with E-state index in [1.54, 1.807) is 30.3 Å². The minimum absolute atomic E-state index is 0. The number of alkyl halides is 3. The number of amides is 1. The summed E-state index contributed by atoms with van der Waals surface area (Å²) in [6.07, 6.45) is -3.14. The van der Waals surface area contributed by atoms with E-state index in [0.29, 0.717) is 17.1 Å². The van der Waals surface area contributed by atoms with Crippen LogP contribution in [0, 0.1) is 0 Å². The SMILES string of the molecule is Cl.NCc1cc(OCc2cccc(C(=O)Nc3cccc(C(F)(F)F)c3)c2)ncn1. The summed E-state index contributed by atoms with van der Waals surface area (Å²) < 4.78 is 44.0. The van der Waals surface area contributed by atoms with Crippen molar-refractivity contribution in [2.24, 2.45) is 5.73 Å². The molecule has 0 fully saturated rings. The maximum Gasteiger partial charge on any atom is 0.416 e. The number of halogens is 4. The predicted molar refractivity (Wildman–Crippen MR) is 107 cm³/mol. The van der Waals surface area contributed by atoms with E-state index >= 15 is 0 Å². The Hall–Kier alpha value is -3.17. The van der Waals surface area contributed by atoms with Crippen LogP contribution in [-0.2, 0) is 19.3 Å². The molecule has 2 aromatic carbocycles. The lowest BCUT2D eigenvalue weighted by Crippen LogP contribution is -2.13. The Balaban J connectivity index is 0.00000320. The van der Waals surface area contributed by atoms with Gasteiger partial charge in [-0.3, -0.25) is 4.79 Å². The second-order valence-corrected chi connectivity index (χ2v) is 6.07. The number of hydrogen-bond donors (Lipinski definition) is 2. The molecule has 10 heteroatoms. The van der Waals surface area contributed by atoms with Gasteiger partial charge in [-0.1, -0.05) is 18.2 Å². The standard InChI is InChI=1S/C20H17F3N4O2.ClH/c21-20(22,23)15-5-2-6-16(8-15)27-19(28)14-4-1-3-13(7-14)11-29-18-9-17(10-24)25-12-26-18;/h1-9,12H,10-11,24H2,(H,27,28);1H. The molecule has 3 aromatic rings. The van der Waals surface area contributed by atoms with Crippen molar-refractivity contribution < 1.29 is 22.7 Å². The van der Waals surface area contributed by atoms with Gasteiger partial charge >= 0.3 is 6.18 Å². The van der Waals surface area contributed by atoms with E-state index < -0.39 is 17.6 Å². The number of nitrogens with zero attached hydrogens (tertiary/aromatic N) is 2. The summed E-state index contributed by atoms with van der Waals surface area (Å²) >= 11 is 0. The summed E-state index contributed by atoms with van der Waals surface area (Å²) in [6, 6.07) is 12.6. The van der Waals surface area contributed by atoms with Gasteiger partial charge in [0.1, 0.15) is 12.9 Å². The second kappa shape index (κ2) is 10.0. The molecular weight excluding hydrogens is 421 g/mol. The fourth-order valence-corrected chi connectivity index (χ4v) is 2.50. The highest BCUT2D eigenvalue weighted by Crippen LogP contribution is 2.30. The molecule has 30 heavy (non-hydrogen) atoms. The molecule has 1 amide bonds. The summed E-state index contributed by atoms with van der Waals surface area (Å²) in [5.74, 6) is -0.183. The molecule has 6 nitrogen and oxygen atoms in total. The van der Waals surface area contributed by atoms with Crippen molar-refractivity contribution in [3.8, 4) is 5.88 Å². The lowest BCUT2D eigenvalue weighted by Gasteiger charge is -2.11. The molecule has 0 spiro atoms. The normalized spacial score (nSPS) is 10.8. The molecule has 0 aliphatic heterocycles. The zero-order chi connectivity index (χ0) is 20.9. The Kier molecular flexibility index (Phi) is 7.73. The van der Waals surface area contributed by atoms with Gasteiger partial charge in [-0.05, 0) is 35.9 Å². The summed E-state index contributed by atoms with van der Waals surface area (Å²) in [4.78, 5) is 20.4. The Labute approximate surface area is 176 Å². The number of nitrogens with two attached hydrogens (primary N) is 1. The molecule has 0 aliphatic carbocycles. The van der Waals surface area contributed by atoms with E-state index in [4.69, 9.17) is 10.5 Å². The average Bonchev–Trinajstić information content (AvgIpc) is 2.72. The molecular formula is C20H18ClF3N4O2. The largest absolute Gasteiger partial charge is 0.473 e. The molecule has 0 saturated heterocycles. The molecule has 1 aromatic heterocycles. The highest BCUT2D eigenvalue weighted by molar-refractivity contribution is 6.04. The van der Waals surface area contributed by atoms with Gasteiger partial charge in [-0.25, -0.2) is 9.97 Å². The molecule has 158 valence electrons. The van der Waals surface area contributed by atoms with Crippen molar-refractivity contribution in [1.29, 1.82) is 0 Å². The van der Waals surface area contributed by atoms with Crippen LogP contribution in [0.25, 0.3) is 0 Å². The highest BCUT2D eigenvalue weighted by atomic mass is 35.5. The second-order valence-electron chi connectivity index (χ2n) is 6.07. The monoisotopic (exact) mass is 438 g/mol. The van der Waals surface area contributed by atoms with E-state index in [-0.39, 0.29) is 36.8 Å². The summed E-state index contributed by atoms with van der Waals surface area (Å²) in [7, 11) is 0. The van der Waals surface area contributed by atoms with Crippen molar-refractivity contribution in [3.05, 3.63) is 83.3 Å². The molecule has 0 aliphatic rings. The van der Waals surface area contributed by atoms with Gasteiger partial charge in [0, 0.05) is 23.9 Å². The molecule has 0 saturated carbocycles. The maximum atomic E-state index is 12.8. The first kappa shape index (κ1) is 23.1. The van der Waals surface area contributed by atoms with Crippen molar-refractivity contribution in [2.75, 3.05) is 5.32 Å². The third-order valence-corrected chi connectivity index (χ3v) is 3.93. The molecule has 0 radical (unpaired) electrons. The van der Waals surface area contributed by atoms with Gasteiger partial charge in [-0.15, -0.1) is 12.4 Å². The van der Waals surface area contributed by atoms with Crippen LogP contribution < -0.4 is 15.8 Å². The van der Waals surface area contributed by atoms with Gasteiger partial charge in [-0.2, -0.15) is 13.2 Å². The van der Waals surface area contributed by atoms with E-state index in [0.717, 1.165) is 12.1 Å². The van der Waals surface area contributed by atoms with Crippen LogP contribution in [0.15, 0.2) is 60.9 Å². The van der Waals surface area contributed by atoms with Gasteiger partial charge in [0.2, 0.25) is 5.88 Å². The van der Waals surface area contributed by atoms with Crippen molar-refractivity contribution in [1.82, 2.24) is 9.97 Å². The topological polar surface area (TPSA) is 90.1 Å². The van der Waals surface area contributed by atoms with Crippen LogP contribution in [0.3, 0.4) is 0 Å². The van der Waals surface area contributed by atoms with Crippen LogP contribution in [0.4, 0.5) is 18.9 Å². The lowest BCUT2D eigenvalue weighted by atomic mass is 10.1. The quantitative estimate of drug-likeness (QED) is 0.601. The van der Waals surface area contributed by atoms with E-state index in [1.165, 1.54) is 18.5 Å². The van der Waals surface area contributed by atoms with Crippen LogP contribution in [0.2, 0.25) is 0 Å². The first-order valence-corrected chi connectivity index (χ1v) is 8.56. The molecule has 0 bridgehead atoms. The summed E-state index contributed by atoms with van der Waals surface area (Å²) in [5, 5.41) is 2.47. The Morgan fingerprint density at radius 3 is 2.57 bits per heavy atom. The number of carbonyl (C=O) groups excluding carboxylic acids is 1. The predicted octanol–water partition coefficient (Wildman–Crippen LogP) is 4.21. The van der Waals surface area contributed by atoms with Crippen LogP contribution in [-0.4, -0.2) is 15.9 Å². The van der Waals surface area contributed by atoms with E-state index in [9.17, 15) is 18.0 Å². The third kappa shape index (κ3) is 6.16. The number of ether oxygens (including phenoxy) is 1. The average molecular weight is 439 g/mol. The molecule has 0 unspecified atom stereocenters. The van der Waals surface area contributed by atoms with Gasteiger partial charge in [0.05, 0.1) is 11.3 Å². The Morgan fingerprint density at radius 1 is 1.07 bits per heavy atom. The van der Waals surface area contributed by atoms with Gasteiger partial charge < -0.3 is 15.8 Å². The lowest BCUT2D eigenvalue weighted by molar-refractivity contribution is -0.137. The molecule has 3 rings (SSSR count). The number of benzene rings is 2. The van der Waals surface area contributed by atoms with Crippen LogP contribution in [0.1, 0.15) is 27.2 Å². The minimum Gasteiger partial charge on any atom is -0.473 e. The summed E-state index contributed by atoms with van der Waals surface area (Å²) in [6.45, 7) is 0.399. The smallest absolute Gasteiger partial charge is 0.416 e. The number of aromatic nitrogens is 2. The number of rotatable bonds is 6. The zero-order valence-corrected chi connectivity index (χ0v) is 16.3. The molecule has 3 N–H and O–H groups in total. The van der Waals surface area contributed by atoms with Crippen molar-refractivity contribution in [3.63, 3.8) is 0 Å². The van der Waals surface area contributed by atoms with Crippen molar-refractivity contribution >= 4 is 24.0 Å². The first-order valence-electron chi connectivity index (χ1n) is 8.56. The molecule has 1 heterocycles. The van der Waals surface area contributed by atoms with Crippen molar-refractivity contribution in [2.45, 2.75) is 19.3 Å². The Bertz CT molecular complexity index is 1020. The van der Waals surface area contributed by atoms with Crippen LogP contribution in [0.5, 0.6) is 5.88 Å². The number of carbonyl (C=O) groups is 1. The minimum atomic E-state index is -4.48.